The monoisotopic (exact) mass is 405 g/mol. The molecule has 0 radical (unpaired) electrons. The molecule has 1 amide bonds. The quantitative estimate of drug-likeness (QED) is 0.711. The third-order valence-electron chi connectivity index (χ3n) is 4.80. The highest BCUT2D eigenvalue weighted by Gasteiger charge is 2.32. The summed E-state index contributed by atoms with van der Waals surface area (Å²) in [5.41, 5.74) is 0.737. The lowest BCUT2D eigenvalue weighted by Crippen LogP contribution is -2.51. The average Bonchev–Trinajstić information content (AvgIpc) is 3.23. The summed E-state index contributed by atoms with van der Waals surface area (Å²) < 4.78 is 10.2. The molecule has 1 aliphatic heterocycles. The fourth-order valence-corrected chi connectivity index (χ4v) is 3.56. The molecule has 3 rings (SSSR count). The van der Waals surface area contributed by atoms with Crippen LogP contribution in [-0.2, 0) is 20.9 Å². The zero-order valence-electron chi connectivity index (χ0n) is 15.8. The van der Waals surface area contributed by atoms with Crippen LogP contribution in [0.2, 0.25) is 5.02 Å². The lowest BCUT2D eigenvalue weighted by atomic mass is 10.0. The average molecular weight is 406 g/mol. The van der Waals surface area contributed by atoms with Crippen molar-refractivity contribution in [3.8, 4) is 0 Å². The maximum absolute atomic E-state index is 12.4. The molecule has 0 spiro atoms. The van der Waals surface area contributed by atoms with Crippen LogP contribution >= 0.6 is 11.6 Å². The first-order chi connectivity index (χ1) is 13.6. The highest BCUT2D eigenvalue weighted by atomic mass is 35.5. The number of ether oxygens (including phenoxy) is 1. The molecule has 0 saturated carbocycles. The number of carbonyl (C=O) groups is 2. The molecule has 0 unspecified atom stereocenters. The lowest BCUT2D eigenvalue weighted by molar-refractivity contribution is -0.148. The summed E-state index contributed by atoms with van der Waals surface area (Å²) in [4.78, 5) is 28.7. The topological polar surface area (TPSA) is 75.0 Å². The van der Waals surface area contributed by atoms with Gasteiger partial charge in [0, 0.05) is 31.2 Å². The Balaban J connectivity index is 1.54. The molecular formula is C20H24ClN3O4. The molecule has 1 fully saturated rings. The molecule has 1 aromatic heterocycles. The number of piperazine rings is 1. The molecule has 7 nitrogen and oxygen atoms in total. The standard InChI is InChI=1S/C20H24ClN3O4/c1-27-20(26)19(16-6-2-3-7-17(16)21)24-10-8-23(9-11-24)14-18(25)22-13-15-5-4-12-28-15/h2-7,12,19H,8-11,13-14H2,1H3,(H,22,25)/t19-/m1/s1. The number of nitrogens with one attached hydrogen (secondary N) is 1. The zero-order valence-corrected chi connectivity index (χ0v) is 16.5. The van der Waals surface area contributed by atoms with E-state index in [1.54, 1.807) is 18.4 Å². The summed E-state index contributed by atoms with van der Waals surface area (Å²) in [5.74, 6) is 0.331. The summed E-state index contributed by atoms with van der Waals surface area (Å²) in [5, 5.41) is 3.39. The third-order valence-corrected chi connectivity index (χ3v) is 5.15. The zero-order chi connectivity index (χ0) is 19.9. The van der Waals surface area contributed by atoms with Crippen molar-refractivity contribution < 1.29 is 18.7 Å². The van der Waals surface area contributed by atoms with Gasteiger partial charge in [-0.2, -0.15) is 0 Å². The van der Waals surface area contributed by atoms with E-state index in [1.165, 1.54) is 7.11 Å². The molecule has 2 heterocycles. The molecule has 1 atom stereocenters. The highest BCUT2D eigenvalue weighted by molar-refractivity contribution is 6.31. The largest absolute Gasteiger partial charge is 0.468 e. The van der Waals surface area contributed by atoms with E-state index in [0.29, 0.717) is 44.3 Å². The Hall–Kier alpha value is -2.35. The minimum Gasteiger partial charge on any atom is -0.468 e. The Bertz CT molecular complexity index is 789. The second-order valence-electron chi connectivity index (χ2n) is 6.62. The van der Waals surface area contributed by atoms with Gasteiger partial charge in [-0.3, -0.25) is 14.6 Å². The lowest BCUT2D eigenvalue weighted by Gasteiger charge is -2.38. The van der Waals surface area contributed by atoms with Gasteiger partial charge < -0.3 is 14.5 Å². The molecule has 2 aromatic rings. The number of methoxy groups -OCH3 is 1. The number of hydrogen-bond acceptors (Lipinski definition) is 6. The van der Waals surface area contributed by atoms with Crippen LogP contribution in [0.5, 0.6) is 0 Å². The van der Waals surface area contributed by atoms with Gasteiger partial charge >= 0.3 is 5.97 Å². The van der Waals surface area contributed by atoms with Gasteiger partial charge in [0.1, 0.15) is 11.8 Å². The fourth-order valence-electron chi connectivity index (χ4n) is 3.32. The van der Waals surface area contributed by atoms with E-state index in [9.17, 15) is 9.59 Å². The van der Waals surface area contributed by atoms with Gasteiger partial charge in [0.05, 0.1) is 26.5 Å². The van der Waals surface area contributed by atoms with E-state index in [-0.39, 0.29) is 11.9 Å². The molecule has 8 heteroatoms. The van der Waals surface area contributed by atoms with Crippen molar-refractivity contribution in [3.63, 3.8) is 0 Å². The summed E-state index contributed by atoms with van der Waals surface area (Å²) in [6, 6.07) is 10.4. The van der Waals surface area contributed by atoms with Gasteiger partial charge in [-0.05, 0) is 23.8 Å². The molecule has 0 bridgehead atoms. The Morgan fingerprint density at radius 1 is 1.18 bits per heavy atom. The van der Waals surface area contributed by atoms with Crippen molar-refractivity contribution in [2.45, 2.75) is 12.6 Å². The van der Waals surface area contributed by atoms with Crippen molar-refractivity contribution >= 4 is 23.5 Å². The predicted molar refractivity (Wildman–Crippen MR) is 105 cm³/mol. The van der Waals surface area contributed by atoms with Crippen molar-refractivity contribution in [1.82, 2.24) is 15.1 Å². The summed E-state index contributed by atoms with van der Waals surface area (Å²) >= 11 is 6.31. The Kier molecular flexibility index (Phi) is 7.08. The highest BCUT2D eigenvalue weighted by Crippen LogP contribution is 2.29. The number of halogens is 1. The van der Waals surface area contributed by atoms with Gasteiger partial charge in [-0.25, -0.2) is 4.79 Å². The first-order valence-electron chi connectivity index (χ1n) is 9.16. The maximum atomic E-state index is 12.4. The van der Waals surface area contributed by atoms with E-state index < -0.39 is 6.04 Å². The molecule has 28 heavy (non-hydrogen) atoms. The van der Waals surface area contributed by atoms with Crippen LogP contribution in [0.1, 0.15) is 17.4 Å². The van der Waals surface area contributed by atoms with E-state index in [1.807, 2.05) is 29.2 Å². The van der Waals surface area contributed by atoms with E-state index in [2.05, 4.69) is 10.2 Å². The number of esters is 1. The number of amides is 1. The van der Waals surface area contributed by atoms with Crippen molar-refractivity contribution in [2.24, 2.45) is 0 Å². The Morgan fingerprint density at radius 3 is 2.57 bits per heavy atom. The van der Waals surface area contributed by atoms with Crippen LogP contribution in [0.4, 0.5) is 0 Å². The van der Waals surface area contributed by atoms with Gasteiger partial charge in [-0.1, -0.05) is 29.8 Å². The molecular weight excluding hydrogens is 382 g/mol. The van der Waals surface area contributed by atoms with E-state index in [0.717, 1.165) is 11.3 Å². The van der Waals surface area contributed by atoms with Gasteiger partial charge in [0.2, 0.25) is 5.91 Å². The minimum atomic E-state index is -0.548. The Labute approximate surface area is 169 Å². The Morgan fingerprint density at radius 2 is 1.93 bits per heavy atom. The number of nitrogens with zero attached hydrogens (tertiary/aromatic N) is 2. The van der Waals surface area contributed by atoms with E-state index >= 15 is 0 Å². The number of benzene rings is 1. The molecule has 1 N–H and O–H groups in total. The van der Waals surface area contributed by atoms with Crippen molar-refractivity contribution in [1.29, 1.82) is 0 Å². The number of furan rings is 1. The molecule has 1 aliphatic rings. The summed E-state index contributed by atoms with van der Waals surface area (Å²) in [7, 11) is 1.38. The normalized spacial score (nSPS) is 16.5. The van der Waals surface area contributed by atoms with Crippen molar-refractivity contribution in [3.05, 3.63) is 59.0 Å². The predicted octanol–water partition coefficient (Wildman–Crippen LogP) is 2.08. The van der Waals surface area contributed by atoms with Crippen LogP contribution in [0, 0.1) is 0 Å². The molecule has 150 valence electrons. The van der Waals surface area contributed by atoms with Crippen LogP contribution in [0.25, 0.3) is 0 Å². The molecule has 1 aromatic carbocycles. The molecule has 1 saturated heterocycles. The first-order valence-corrected chi connectivity index (χ1v) is 9.54. The van der Waals surface area contributed by atoms with Gasteiger partial charge in [0.25, 0.3) is 0 Å². The summed E-state index contributed by atoms with van der Waals surface area (Å²) in [6.07, 6.45) is 1.58. The second kappa shape index (κ2) is 9.73. The fraction of sp³-hybridized carbons (Fsp3) is 0.400. The minimum absolute atomic E-state index is 0.0551. The second-order valence-corrected chi connectivity index (χ2v) is 7.02. The van der Waals surface area contributed by atoms with Crippen molar-refractivity contribution in [2.75, 3.05) is 39.8 Å². The maximum Gasteiger partial charge on any atom is 0.327 e. The van der Waals surface area contributed by atoms with E-state index in [4.69, 9.17) is 20.8 Å². The van der Waals surface area contributed by atoms with Crippen LogP contribution < -0.4 is 5.32 Å². The van der Waals surface area contributed by atoms with Crippen LogP contribution in [0.3, 0.4) is 0 Å². The number of carbonyl (C=O) groups excluding carboxylic acids is 2. The van der Waals surface area contributed by atoms with Crippen LogP contribution in [-0.4, -0.2) is 61.5 Å². The number of rotatable bonds is 7. The van der Waals surface area contributed by atoms with Crippen LogP contribution in [0.15, 0.2) is 47.1 Å². The van der Waals surface area contributed by atoms with Gasteiger partial charge in [0.15, 0.2) is 0 Å². The first kappa shape index (κ1) is 20.4. The third kappa shape index (κ3) is 5.13. The van der Waals surface area contributed by atoms with Gasteiger partial charge in [-0.15, -0.1) is 0 Å². The SMILES string of the molecule is COC(=O)[C@@H](c1ccccc1Cl)N1CCN(CC(=O)NCc2ccco2)CC1. The number of hydrogen-bond donors (Lipinski definition) is 1. The smallest absolute Gasteiger partial charge is 0.327 e. The molecule has 0 aliphatic carbocycles. The summed E-state index contributed by atoms with van der Waals surface area (Å²) in [6.45, 7) is 3.30.